The van der Waals surface area contributed by atoms with Crippen LogP contribution in [0, 0.1) is 6.92 Å². The Morgan fingerprint density at radius 3 is 1.39 bits per heavy atom. The lowest BCUT2D eigenvalue weighted by Gasteiger charge is -2.23. The molecule has 0 amide bonds. The SMILES string of the molecule is Cc1ccc2c(c1)c1c(n2-c2ccc(-c3ccccc3)cc2)CCC(C2=Cc3c(n(-c4ccc(-c5ccccc5)cc4)c4ccccc34)CC2)=C1. The predicted molar refractivity (Wildman–Crippen MR) is 215 cm³/mol. The molecule has 2 aromatic heterocycles. The number of nitrogens with zero attached hydrogens (tertiary/aromatic N) is 2. The molecule has 2 heterocycles. The van der Waals surface area contributed by atoms with Gasteiger partial charge in [0.2, 0.25) is 0 Å². The van der Waals surface area contributed by atoms with E-state index in [2.05, 4.69) is 180 Å². The number of para-hydroxylation sites is 1. The Kier molecular flexibility index (Phi) is 7.02. The first-order valence-electron chi connectivity index (χ1n) is 18.2. The second-order valence-corrected chi connectivity index (χ2v) is 14.1. The summed E-state index contributed by atoms with van der Waals surface area (Å²) in [6, 6.07) is 55.4. The molecule has 244 valence electrons. The molecule has 0 aliphatic heterocycles. The zero-order chi connectivity index (χ0) is 33.9. The molecule has 51 heavy (non-hydrogen) atoms. The molecule has 0 saturated heterocycles. The van der Waals surface area contributed by atoms with Crippen LogP contribution in [0.3, 0.4) is 0 Å². The van der Waals surface area contributed by atoms with Gasteiger partial charge in [-0.2, -0.15) is 0 Å². The Morgan fingerprint density at radius 1 is 0.392 bits per heavy atom. The lowest BCUT2D eigenvalue weighted by molar-refractivity contribution is 0.818. The highest BCUT2D eigenvalue weighted by Gasteiger charge is 2.26. The van der Waals surface area contributed by atoms with Crippen LogP contribution in [0.25, 0.3) is 67.6 Å². The molecular weight excluding hydrogens is 617 g/mol. The van der Waals surface area contributed by atoms with E-state index in [4.69, 9.17) is 0 Å². The van der Waals surface area contributed by atoms with Gasteiger partial charge in [-0.15, -0.1) is 0 Å². The van der Waals surface area contributed by atoms with Gasteiger partial charge in [0.1, 0.15) is 0 Å². The lowest BCUT2D eigenvalue weighted by atomic mass is 9.85. The summed E-state index contributed by atoms with van der Waals surface area (Å²) in [5.74, 6) is 0. The molecular formula is C49H38N2. The van der Waals surface area contributed by atoms with Crippen molar-refractivity contribution in [1.29, 1.82) is 0 Å². The summed E-state index contributed by atoms with van der Waals surface area (Å²) in [5.41, 5.74) is 19.9. The number of hydrogen-bond donors (Lipinski definition) is 0. The normalized spacial score (nSPS) is 13.9. The van der Waals surface area contributed by atoms with Crippen molar-refractivity contribution in [3.8, 4) is 33.6 Å². The highest BCUT2D eigenvalue weighted by Crippen LogP contribution is 2.43. The van der Waals surface area contributed by atoms with Crippen molar-refractivity contribution >= 4 is 34.0 Å². The van der Waals surface area contributed by atoms with Crippen LogP contribution in [-0.4, -0.2) is 9.13 Å². The molecule has 0 spiro atoms. The van der Waals surface area contributed by atoms with Gasteiger partial charge in [-0.25, -0.2) is 0 Å². The lowest BCUT2D eigenvalue weighted by Crippen LogP contribution is -2.09. The fraction of sp³-hybridized carbons (Fsp3) is 0.102. The molecule has 0 N–H and O–H groups in total. The first-order chi connectivity index (χ1) is 25.2. The maximum atomic E-state index is 2.52. The fourth-order valence-electron chi connectivity index (χ4n) is 8.58. The summed E-state index contributed by atoms with van der Waals surface area (Å²) in [6.45, 7) is 2.21. The molecule has 2 aliphatic carbocycles. The van der Waals surface area contributed by atoms with Gasteiger partial charge >= 0.3 is 0 Å². The first-order valence-corrected chi connectivity index (χ1v) is 18.2. The van der Waals surface area contributed by atoms with Crippen LogP contribution in [0.15, 0.2) is 163 Å². The minimum Gasteiger partial charge on any atom is -0.313 e. The van der Waals surface area contributed by atoms with E-state index in [-0.39, 0.29) is 0 Å². The minimum absolute atomic E-state index is 1.02. The second kappa shape index (κ2) is 12.0. The van der Waals surface area contributed by atoms with Crippen LogP contribution < -0.4 is 0 Å². The third-order valence-electron chi connectivity index (χ3n) is 11.1. The zero-order valence-electron chi connectivity index (χ0n) is 28.8. The number of fused-ring (bicyclic) bond motifs is 6. The fourth-order valence-corrected chi connectivity index (χ4v) is 8.58. The molecule has 0 unspecified atom stereocenters. The Balaban J connectivity index is 1.05. The van der Waals surface area contributed by atoms with E-state index >= 15 is 0 Å². The summed E-state index contributed by atoms with van der Waals surface area (Å²) in [4.78, 5) is 0. The van der Waals surface area contributed by atoms with Gasteiger partial charge in [0.05, 0.1) is 11.0 Å². The quantitative estimate of drug-likeness (QED) is 0.175. The monoisotopic (exact) mass is 654 g/mol. The molecule has 2 nitrogen and oxygen atoms in total. The summed E-state index contributed by atoms with van der Waals surface area (Å²) < 4.78 is 5.01. The van der Waals surface area contributed by atoms with Crippen molar-refractivity contribution in [2.24, 2.45) is 0 Å². The van der Waals surface area contributed by atoms with Gasteiger partial charge in [-0.1, -0.05) is 115 Å². The molecule has 0 atom stereocenters. The summed E-state index contributed by atoms with van der Waals surface area (Å²) in [7, 11) is 0. The van der Waals surface area contributed by atoms with Crippen molar-refractivity contribution in [3.05, 3.63) is 191 Å². The van der Waals surface area contributed by atoms with E-state index in [1.54, 1.807) is 0 Å². The van der Waals surface area contributed by atoms with Crippen molar-refractivity contribution in [1.82, 2.24) is 9.13 Å². The van der Waals surface area contributed by atoms with Crippen LogP contribution >= 0.6 is 0 Å². The standard InChI is InChI=1S/C49H38N2/c1-33-16-27-47-43(30-33)45-32-39(22-29-49(45)51(47)41-25-19-37(20-26-41)35-12-6-3-7-13-35)38-21-28-48-44(31-38)42-14-8-9-15-46(42)50(48)40-23-17-36(18-24-40)34-10-4-2-5-11-34/h2-20,23-27,30-32H,21-22,28-29H2,1H3. The molecule has 10 rings (SSSR count). The smallest absolute Gasteiger partial charge is 0.0537 e. The summed E-state index contributed by atoms with van der Waals surface area (Å²) >= 11 is 0. The van der Waals surface area contributed by atoms with E-state index in [9.17, 15) is 0 Å². The van der Waals surface area contributed by atoms with E-state index in [0.717, 1.165) is 25.7 Å². The average molecular weight is 655 g/mol. The van der Waals surface area contributed by atoms with Gasteiger partial charge in [0, 0.05) is 44.7 Å². The Morgan fingerprint density at radius 2 is 0.843 bits per heavy atom. The van der Waals surface area contributed by atoms with Crippen LogP contribution in [0.2, 0.25) is 0 Å². The molecule has 0 fully saturated rings. The van der Waals surface area contributed by atoms with Crippen LogP contribution in [-0.2, 0) is 12.8 Å². The van der Waals surface area contributed by atoms with Crippen LogP contribution in [0.5, 0.6) is 0 Å². The Bertz CT molecular complexity index is 2650. The van der Waals surface area contributed by atoms with Crippen LogP contribution in [0.1, 0.15) is 40.9 Å². The topological polar surface area (TPSA) is 9.86 Å². The molecule has 0 bridgehead atoms. The minimum atomic E-state index is 1.02. The van der Waals surface area contributed by atoms with Gasteiger partial charge in [0.25, 0.3) is 0 Å². The molecule has 0 saturated carbocycles. The molecule has 8 aromatic rings. The van der Waals surface area contributed by atoms with Crippen molar-refractivity contribution < 1.29 is 0 Å². The molecule has 6 aromatic carbocycles. The van der Waals surface area contributed by atoms with Gasteiger partial charge in [-0.3, -0.25) is 0 Å². The Labute approximate surface area is 299 Å². The molecule has 0 radical (unpaired) electrons. The van der Waals surface area contributed by atoms with Gasteiger partial charge in [-0.05, 0) is 121 Å². The zero-order valence-corrected chi connectivity index (χ0v) is 28.8. The molecule has 2 aliphatic rings. The number of aryl methyl sites for hydroxylation is 1. The number of rotatable bonds is 5. The Hall–Kier alpha value is -6.12. The predicted octanol–water partition coefficient (Wildman–Crippen LogP) is 12.6. The molecule has 2 heteroatoms. The number of aromatic nitrogens is 2. The van der Waals surface area contributed by atoms with Crippen LogP contribution in [0.4, 0.5) is 0 Å². The van der Waals surface area contributed by atoms with Gasteiger partial charge in [0.15, 0.2) is 0 Å². The van der Waals surface area contributed by atoms with Crippen molar-refractivity contribution in [2.75, 3.05) is 0 Å². The average Bonchev–Trinajstić information content (AvgIpc) is 3.70. The first kappa shape index (κ1) is 29.8. The maximum absolute atomic E-state index is 2.52. The maximum Gasteiger partial charge on any atom is 0.0537 e. The summed E-state index contributed by atoms with van der Waals surface area (Å²) in [5, 5.41) is 2.68. The summed E-state index contributed by atoms with van der Waals surface area (Å²) in [6.07, 6.45) is 9.17. The van der Waals surface area contributed by atoms with Crippen molar-refractivity contribution in [2.45, 2.75) is 32.6 Å². The number of benzene rings is 6. The highest BCUT2D eigenvalue weighted by molar-refractivity contribution is 5.97. The van der Waals surface area contributed by atoms with E-state index < -0.39 is 0 Å². The third-order valence-corrected chi connectivity index (χ3v) is 11.1. The second-order valence-electron chi connectivity index (χ2n) is 14.1. The highest BCUT2D eigenvalue weighted by atomic mass is 15.0. The van der Waals surface area contributed by atoms with E-state index in [0.29, 0.717) is 0 Å². The van der Waals surface area contributed by atoms with E-state index in [1.807, 2.05) is 0 Å². The number of hydrogen-bond acceptors (Lipinski definition) is 0. The third kappa shape index (κ3) is 5.02. The van der Waals surface area contributed by atoms with Gasteiger partial charge < -0.3 is 9.13 Å². The number of allylic oxidation sites excluding steroid dienone is 2. The van der Waals surface area contributed by atoms with Crippen molar-refractivity contribution in [3.63, 3.8) is 0 Å². The van der Waals surface area contributed by atoms with E-state index in [1.165, 1.54) is 94.7 Å². The largest absolute Gasteiger partial charge is 0.313 e.